The minimum atomic E-state index is 0.186. The van der Waals surface area contributed by atoms with Crippen molar-refractivity contribution in [3.05, 3.63) is 150 Å². The first-order valence-electron chi connectivity index (χ1n) is 15.2. The van der Waals surface area contributed by atoms with Gasteiger partial charge in [-0.15, -0.1) is 0 Å². The highest BCUT2D eigenvalue weighted by atomic mass is 16.3. The zero-order chi connectivity index (χ0) is 28.8. The molecule has 9 aromatic carbocycles. The molecule has 0 saturated heterocycles. The van der Waals surface area contributed by atoms with Crippen LogP contribution in [0.3, 0.4) is 0 Å². The van der Waals surface area contributed by atoms with E-state index in [1.54, 1.807) is 12.1 Å². The van der Waals surface area contributed by atoms with Gasteiger partial charge in [-0.3, -0.25) is 0 Å². The van der Waals surface area contributed by atoms with Crippen molar-refractivity contribution in [2.24, 2.45) is 0 Å². The minimum absolute atomic E-state index is 0.186. The van der Waals surface area contributed by atoms with Crippen molar-refractivity contribution >= 4 is 64.6 Å². The highest BCUT2D eigenvalue weighted by molar-refractivity contribution is 6.40. The van der Waals surface area contributed by atoms with Crippen molar-refractivity contribution in [2.45, 2.75) is 25.7 Å². The highest BCUT2D eigenvalue weighted by Gasteiger charge is 2.23. The lowest BCUT2D eigenvalue weighted by Crippen LogP contribution is -2.01. The van der Waals surface area contributed by atoms with Gasteiger partial charge >= 0.3 is 0 Å². The molecule has 0 aromatic heterocycles. The lowest BCUT2D eigenvalue weighted by atomic mass is 9.79. The number of rotatable bonds is 4. The predicted octanol–water partition coefficient (Wildman–Crippen LogP) is 11.5. The Balaban J connectivity index is 1.35. The average molecular weight is 551 g/mol. The summed E-state index contributed by atoms with van der Waals surface area (Å²) in [7, 11) is 0. The summed E-state index contributed by atoms with van der Waals surface area (Å²) >= 11 is 0. The zero-order valence-corrected chi connectivity index (χ0v) is 24.2. The van der Waals surface area contributed by atoms with Crippen LogP contribution in [0, 0.1) is 0 Å². The first-order valence-corrected chi connectivity index (χ1v) is 15.2. The van der Waals surface area contributed by atoms with Crippen LogP contribution in [0.5, 0.6) is 5.75 Å². The van der Waals surface area contributed by atoms with Crippen molar-refractivity contribution in [2.75, 3.05) is 0 Å². The lowest BCUT2D eigenvalue weighted by Gasteiger charge is -2.24. The van der Waals surface area contributed by atoms with Crippen LogP contribution in [0.15, 0.2) is 127 Å². The van der Waals surface area contributed by atoms with Crippen molar-refractivity contribution in [1.82, 2.24) is 0 Å². The Hall–Kier alpha value is -5.14. The monoisotopic (exact) mass is 550 g/mol. The van der Waals surface area contributed by atoms with E-state index in [2.05, 4.69) is 117 Å². The maximum Gasteiger partial charge on any atom is 0.115 e. The number of fused-ring (bicyclic) bond motifs is 2. The first kappa shape index (κ1) is 24.5. The van der Waals surface area contributed by atoms with Crippen molar-refractivity contribution in [3.63, 3.8) is 0 Å². The smallest absolute Gasteiger partial charge is 0.115 e. The molecular formula is C42H30O. The Morgan fingerprint density at radius 1 is 0.395 bits per heavy atom. The molecule has 204 valence electrons. The predicted molar refractivity (Wildman–Crippen MR) is 183 cm³/mol. The van der Waals surface area contributed by atoms with Crippen LogP contribution in [-0.4, -0.2) is 5.11 Å². The van der Waals surface area contributed by atoms with Gasteiger partial charge in [-0.05, 0) is 105 Å². The van der Waals surface area contributed by atoms with Gasteiger partial charge in [0.25, 0.3) is 0 Å². The van der Waals surface area contributed by atoms with Crippen molar-refractivity contribution < 1.29 is 5.11 Å². The van der Waals surface area contributed by atoms with E-state index in [0.29, 0.717) is 5.75 Å². The van der Waals surface area contributed by atoms with E-state index in [4.69, 9.17) is 0 Å². The van der Waals surface area contributed by atoms with Gasteiger partial charge in [0, 0.05) is 11.8 Å². The van der Waals surface area contributed by atoms with E-state index < -0.39 is 0 Å². The second-order valence-electron chi connectivity index (χ2n) is 12.3. The average Bonchev–Trinajstić information content (AvgIpc) is 3.06. The molecule has 1 heteroatoms. The molecule has 0 bridgehead atoms. The molecule has 1 nitrogen and oxygen atoms in total. The first-order chi connectivity index (χ1) is 21.1. The fourth-order valence-electron chi connectivity index (χ4n) is 7.78. The van der Waals surface area contributed by atoms with Gasteiger partial charge < -0.3 is 5.11 Å². The van der Waals surface area contributed by atoms with Gasteiger partial charge in [-0.1, -0.05) is 123 Å². The zero-order valence-electron chi connectivity index (χ0n) is 24.2. The molecule has 0 radical (unpaired) electrons. The molecule has 0 fully saturated rings. The second kappa shape index (κ2) is 8.93. The van der Waals surface area contributed by atoms with E-state index in [0.717, 1.165) is 0 Å². The summed E-state index contributed by atoms with van der Waals surface area (Å²) in [5, 5.41) is 25.9. The van der Waals surface area contributed by atoms with Crippen molar-refractivity contribution in [3.8, 4) is 5.75 Å². The summed E-state index contributed by atoms with van der Waals surface area (Å²) in [6, 6.07) is 46.5. The van der Waals surface area contributed by atoms with Crippen molar-refractivity contribution in [1.29, 1.82) is 0 Å². The van der Waals surface area contributed by atoms with Gasteiger partial charge in [0.2, 0.25) is 0 Å². The van der Waals surface area contributed by atoms with E-state index in [1.165, 1.54) is 86.9 Å². The molecule has 0 spiro atoms. The SMILES string of the molecule is CC(c1ccc2ccccc2c1)c1ccc2c3cccc4cc(C(C)c5ccc(O)cc5)c5ccc6ccc1c2c6c5c43. The van der Waals surface area contributed by atoms with Crippen LogP contribution >= 0.6 is 0 Å². The van der Waals surface area contributed by atoms with Crippen LogP contribution in [0.4, 0.5) is 0 Å². The largest absolute Gasteiger partial charge is 0.508 e. The van der Waals surface area contributed by atoms with Gasteiger partial charge in [-0.25, -0.2) is 0 Å². The molecular weight excluding hydrogens is 520 g/mol. The van der Waals surface area contributed by atoms with Crippen LogP contribution in [0.25, 0.3) is 64.6 Å². The molecule has 9 rings (SSSR count). The lowest BCUT2D eigenvalue weighted by molar-refractivity contribution is 0.475. The Kier molecular flexibility index (Phi) is 5.08. The van der Waals surface area contributed by atoms with Gasteiger partial charge in [0.05, 0.1) is 0 Å². The third kappa shape index (κ3) is 3.46. The minimum Gasteiger partial charge on any atom is -0.508 e. The number of phenols is 1. The molecule has 2 atom stereocenters. The van der Waals surface area contributed by atoms with Crippen LogP contribution in [0.1, 0.15) is 47.9 Å². The van der Waals surface area contributed by atoms with E-state index in [1.807, 2.05) is 12.1 Å². The molecule has 2 unspecified atom stereocenters. The number of hydrogen-bond acceptors (Lipinski definition) is 1. The summed E-state index contributed by atoms with van der Waals surface area (Å²) in [4.78, 5) is 0. The Morgan fingerprint density at radius 3 is 1.84 bits per heavy atom. The van der Waals surface area contributed by atoms with E-state index >= 15 is 0 Å². The molecule has 0 aliphatic heterocycles. The number of benzene rings is 9. The van der Waals surface area contributed by atoms with Crippen LogP contribution < -0.4 is 0 Å². The maximum absolute atomic E-state index is 9.93. The summed E-state index contributed by atoms with van der Waals surface area (Å²) in [6.07, 6.45) is 0. The topological polar surface area (TPSA) is 20.2 Å². The summed E-state index contributed by atoms with van der Waals surface area (Å²) in [6.45, 7) is 4.63. The Labute approximate surface area is 250 Å². The number of phenolic OH excluding ortho intramolecular Hbond substituents is 1. The van der Waals surface area contributed by atoms with Crippen LogP contribution in [0.2, 0.25) is 0 Å². The summed E-state index contributed by atoms with van der Waals surface area (Å²) in [5.74, 6) is 0.747. The third-order valence-electron chi connectivity index (χ3n) is 10.1. The summed E-state index contributed by atoms with van der Waals surface area (Å²) in [5.41, 5.74) is 5.25. The Bertz CT molecular complexity index is 2480. The quantitative estimate of drug-likeness (QED) is 0.171. The second-order valence-corrected chi connectivity index (χ2v) is 12.3. The van der Waals surface area contributed by atoms with Gasteiger partial charge in [0.15, 0.2) is 0 Å². The Morgan fingerprint density at radius 2 is 1.02 bits per heavy atom. The molecule has 0 aliphatic rings. The third-order valence-corrected chi connectivity index (χ3v) is 10.1. The maximum atomic E-state index is 9.93. The fourth-order valence-corrected chi connectivity index (χ4v) is 7.78. The molecule has 9 aromatic rings. The highest BCUT2D eigenvalue weighted by Crippen LogP contribution is 2.48. The standard InChI is InChI=1S/C42H30O/c1-24(26-12-16-32(43)17-13-26)38-23-31-8-5-9-34-36-21-20-33(25(2)29-11-10-27-6-3-4-7-30(27)22-29)35-18-14-28-15-19-37(38)42(39(31)34)40(28)41(35)36/h3-25,43H,1-2H3. The normalized spacial score (nSPS) is 13.7. The molecule has 0 amide bonds. The summed E-state index contributed by atoms with van der Waals surface area (Å²) < 4.78 is 0. The van der Waals surface area contributed by atoms with E-state index in [9.17, 15) is 5.11 Å². The molecule has 0 heterocycles. The number of aromatic hydroxyl groups is 1. The van der Waals surface area contributed by atoms with Gasteiger partial charge in [-0.2, -0.15) is 0 Å². The number of hydrogen-bond donors (Lipinski definition) is 1. The van der Waals surface area contributed by atoms with E-state index in [-0.39, 0.29) is 11.8 Å². The van der Waals surface area contributed by atoms with Gasteiger partial charge in [0.1, 0.15) is 5.75 Å². The molecule has 0 aliphatic carbocycles. The molecule has 1 N–H and O–H groups in total. The molecule has 0 saturated carbocycles. The molecule has 43 heavy (non-hydrogen) atoms. The van der Waals surface area contributed by atoms with Crippen LogP contribution in [-0.2, 0) is 0 Å². The fraction of sp³-hybridized carbons (Fsp3) is 0.0952.